The summed E-state index contributed by atoms with van der Waals surface area (Å²) in [5, 5.41) is 3.36. The van der Waals surface area contributed by atoms with Gasteiger partial charge in [0.05, 0.1) is 7.11 Å². The predicted octanol–water partition coefficient (Wildman–Crippen LogP) is 3.54. The van der Waals surface area contributed by atoms with Crippen LogP contribution in [0.25, 0.3) is 0 Å². The van der Waals surface area contributed by atoms with E-state index in [1.54, 1.807) is 19.5 Å². The molecule has 116 valence electrons. The first-order valence-electron chi connectivity index (χ1n) is 7.91. The molecular formula is C17H22N4O. The third kappa shape index (κ3) is 3.72. The second-order valence-corrected chi connectivity index (χ2v) is 5.70. The summed E-state index contributed by atoms with van der Waals surface area (Å²) in [6.45, 7) is 0.715. The minimum absolute atomic E-state index is 0.463. The number of ether oxygens (including phenoxy) is 1. The number of nitrogens with one attached hydrogen (secondary N) is 1. The molecule has 0 aliphatic heterocycles. The maximum atomic E-state index is 5.34. The van der Waals surface area contributed by atoms with Crippen molar-refractivity contribution < 1.29 is 4.74 Å². The first-order valence-corrected chi connectivity index (χ1v) is 7.91. The Balaban J connectivity index is 1.75. The fourth-order valence-corrected chi connectivity index (χ4v) is 2.87. The largest absolute Gasteiger partial charge is 0.481 e. The van der Waals surface area contributed by atoms with Gasteiger partial charge in [0, 0.05) is 30.9 Å². The molecule has 1 fully saturated rings. The van der Waals surface area contributed by atoms with Gasteiger partial charge in [-0.15, -0.1) is 0 Å². The zero-order chi connectivity index (χ0) is 15.2. The van der Waals surface area contributed by atoms with Crippen LogP contribution >= 0.6 is 0 Å². The molecule has 0 atom stereocenters. The predicted molar refractivity (Wildman–Crippen MR) is 86.0 cm³/mol. The zero-order valence-corrected chi connectivity index (χ0v) is 13.0. The van der Waals surface area contributed by atoms with Crippen molar-refractivity contribution in [3.63, 3.8) is 0 Å². The van der Waals surface area contributed by atoms with E-state index in [9.17, 15) is 0 Å². The minimum Gasteiger partial charge on any atom is -0.481 e. The van der Waals surface area contributed by atoms with Crippen molar-refractivity contribution in [1.29, 1.82) is 0 Å². The van der Waals surface area contributed by atoms with Crippen molar-refractivity contribution in [3.8, 4) is 5.88 Å². The topological polar surface area (TPSA) is 59.9 Å². The van der Waals surface area contributed by atoms with Gasteiger partial charge in [0.2, 0.25) is 5.88 Å². The van der Waals surface area contributed by atoms with Crippen LogP contribution in [-0.2, 0) is 6.54 Å². The van der Waals surface area contributed by atoms with Crippen molar-refractivity contribution in [3.05, 3.63) is 42.0 Å². The molecule has 2 heterocycles. The highest BCUT2D eigenvalue weighted by atomic mass is 16.5. The molecule has 0 spiro atoms. The van der Waals surface area contributed by atoms with Gasteiger partial charge in [0.1, 0.15) is 11.6 Å². The Morgan fingerprint density at radius 1 is 1.14 bits per heavy atom. The lowest BCUT2D eigenvalue weighted by Gasteiger charge is -2.21. The van der Waals surface area contributed by atoms with Crippen LogP contribution in [-0.4, -0.2) is 22.1 Å². The maximum absolute atomic E-state index is 5.34. The van der Waals surface area contributed by atoms with E-state index in [2.05, 4.69) is 15.3 Å². The third-order valence-corrected chi connectivity index (χ3v) is 4.12. The lowest BCUT2D eigenvalue weighted by atomic mass is 9.89. The summed E-state index contributed by atoms with van der Waals surface area (Å²) >= 11 is 0. The molecule has 0 bridgehead atoms. The van der Waals surface area contributed by atoms with Gasteiger partial charge >= 0.3 is 0 Å². The Labute approximate surface area is 131 Å². The molecule has 2 aromatic rings. The Morgan fingerprint density at radius 3 is 2.64 bits per heavy atom. The van der Waals surface area contributed by atoms with Crippen LogP contribution in [0.4, 0.5) is 5.82 Å². The number of aromatic nitrogens is 3. The lowest BCUT2D eigenvalue weighted by molar-refractivity contribution is 0.383. The van der Waals surface area contributed by atoms with Crippen LogP contribution < -0.4 is 10.1 Å². The van der Waals surface area contributed by atoms with Crippen LogP contribution in [0.2, 0.25) is 0 Å². The molecule has 0 saturated heterocycles. The SMILES string of the molecule is COc1cc(NCc2ccncc2)nc(C2CCCCC2)n1. The monoisotopic (exact) mass is 298 g/mol. The molecule has 3 rings (SSSR count). The van der Waals surface area contributed by atoms with Gasteiger partial charge in [-0.25, -0.2) is 4.98 Å². The second-order valence-electron chi connectivity index (χ2n) is 5.70. The van der Waals surface area contributed by atoms with Crippen LogP contribution in [0.5, 0.6) is 5.88 Å². The Kier molecular flexibility index (Phi) is 4.83. The molecule has 0 aromatic carbocycles. The number of pyridine rings is 1. The Bertz CT molecular complexity index is 597. The molecule has 1 saturated carbocycles. The molecule has 1 aliphatic carbocycles. The van der Waals surface area contributed by atoms with Crippen molar-refractivity contribution in [2.75, 3.05) is 12.4 Å². The van der Waals surface area contributed by atoms with E-state index < -0.39 is 0 Å². The van der Waals surface area contributed by atoms with E-state index in [4.69, 9.17) is 9.72 Å². The summed E-state index contributed by atoms with van der Waals surface area (Å²) in [6.07, 6.45) is 9.81. The standard InChI is InChI=1S/C17H22N4O/c1-22-16-11-15(19-12-13-7-9-18-10-8-13)20-17(21-16)14-5-3-2-4-6-14/h7-11,14H,2-6,12H2,1H3,(H,19,20,21). The van der Waals surface area contributed by atoms with Gasteiger partial charge in [-0.1, -0.05) is 19.3 Å². The summed E-state index contributed by atoms with van der Waals surface area (Å²) in [7, 11) is 1.65. The molecule has 0 amide bonds. The number of anilines is 1. The average Bonchev–Trinajstić information content (AvgIpc) is 2.61. The van der Waals surface area contributed by atoms with Gasteiger partial charge < -0.3 is 10.1 Å². The number of hydrogen-bond donors (Lipinski definition) is 1. The molecule has 0 unspecified atom stereocenters. The normalized spacial score (nSPS) is 15.5. The van der Waals surface area contributed by atoms with Crippen molar-refractivity contribution in [2.24, 2.45) is 0 Å². The fraction of sp³-hybridized carbons (Fsp3) is 0.471. The molecule has 1 N–H and O–H groups in total. The number of rotatable bonds is 5. The minimum atomic E-state index is 0.463. The molecule has 5 heteroatoms. The van der Waals surface area contributed by atoms with Crippen molar-refractivity contribution >= 4 is 5.82 Å². The van der Waals surface area contributed by atoms with Crippen LogP contribution in [0, 0.1) is 0 Å². The average molecular weight is 298 g/mol. The summed E-state index contributed by atoms with van der Waals surface area (Å²) in [4.78, 5) is 13.3. The lowest BCUT2D eigenvalue weighted by Crippen LogP contribution is -2.11. The van der Waals surface area contributed by atoms with Gasteiger partial charge in [-0.3, -0.25) is 4.98 Å². The Hall–Kier alpha value is -2.17. The quantitative estimate of drug-likeness (QED) is 0.915. The van der Waals surface area contributed by atoms with Crippen molar-refractivity contribution in [1.82, 2.24) is 15.0 Å². The van der Waals surface area contributed by atoms with Gasteiger partial charge in [-0.05, 0) is 30.5 Å². The highest BCUT2D eigenvalue weighted by molar-refractivity contribution is 5.39. The molecule has 0 radical (unpaired) electrons. The van der Waals surface area contributed by atoms with E-state index in [-0.39, 0.29) is 0 Å². The summed E-state index contributed by atoms with van der Waals surface area (Å²) < 4.78 is 5.34. The summed E-state index contributed by atoms with van der Waals surface area (Å²) in [5.74, 6) is 2.83. The third-order valence-electron chi connectivity index (χ3n) is 4.12. The zero-order valence-electron chi connectivity index (χ0n) is 13.0. The highest BCUT2D eigenvalue weighted by Crippen LogP contribution is 2.32. The van der Waals surface area contributed by atoms with Gasteiger partial charge in [0.25, 0.3) is 0 Å². The van der Waals surface area contributed by atoms with E-state index >= 15 is 0 Å². The summed E-state index contributed by atoms with van der Waals surface area (Å²) in [5.41, 5.74) is 1.17. The second kappa shape index (κ2) is 7.20. The Morgan fingerprint density at radius 2 is 1.91 bits per heavy atom. The summed E-state index contributed by atoms with van der Waals surface area (Å²) in [6, 6.07) is 5.84. The number of hydrogen-bond acceptors (Lipinski definition) is 5. The molecule has 1 aliphatic rings. The number of methoxy groups -OCH3 is 1. The van der Waals surface area contributed by atoms with Crippen molar-refractivity contribution in [2.45, 2.75) is 44.6 Å². The molecule has 22 heavy (non-hydrogen) atoms. The van der Waals surface area contributed by atoms with E-state index in [1.165, 1.54) is 37.7 Å². The first kappa shape index (κ1) is 14.8. The van der Waals surface area contributed by atoms with Crippen LogP contribution in [0.15, 0.2) is 30.6 Å². The van der Waals surface area contributed by atoms with Gasteiger partial charge in [-0.2, -0.15) is 4.98 Å². The maximum Gasteiger partial charge on any atom is 0.218 e. The fourth-order valence-electron chi connectivity index (χ4n) is 2.87. The number of nitrogens with zero attached hydrogens (tertiary/aromatic N) is 3. The van der Waals surface area contributed by atoms with E-state index in [0.717, 1.165) is 11.6 Å². The smallest absolute Gasteiger partial charge is 0.218 e. The van der Waals surface area contributed by atoms with E-state index in [0.29, 0.717) is 18.3 Å². The van der Waals surface area contributed by atoms with Crippen LogP contribution in [0.1, 0.15) is 49.4 Å². The first-order chi connectivity index (χ1) is 10.8. The van der Waals surface area contributed by atoms with Crippen LogP contribution in [0.3, 0.4) is 0 Å². The van der Waals surface area contributed by atoms with E-state index in [1.807, 2.05) is 18.2 Å². The molecule has 2 aromatic heterocycles. The highest BCUT2D eigenvalue weighted by Gasteiger charge is 2.19. The molecule has 5 nitrogen and oxygen atoms in total. The molecular weight excluding hydrogens is 276 g/mol. The van der Waals surface area contributed by atoms with Gasteiger partial charge in [0.15, 0.2) is 0 Å².